The predicted molar refractivity (Wildman–Crippen MR) is 68.9 cm³/mol. The molecule has 0 aromatic heterocycles. The highest BCUT2D eigenvalue weighted by Crippen LogP contribution is 2.20. The molecule has 1 rings (SSSR count). The fourth-order valence-electron chi connectivity index (χ4n) is 1.41. The van der Waals surface area contributed by atoms with Crippen molar-refractivity contribution in [2.45, 2.75) is 19.4 Å². The summed E-state index contributed by atoms with van der Waals surface area (Å²) in [5.41, 5.74) is 5.83. The lowest BCUT2D eigenvalue weighted by Crippen LogP contribution is -2.14. The molecule has 1 atom stereocenters. The van der Waals surface area contributed by atoms with Crippen molar-refractivity contribution in [3.8, 4) is 17.6 Å². The minimum atomic E-state index is -0.340. The van der Waals surface area contributed by atoms with E-state index in [-0.39, 0.29) is 18.5 Å². The highest BCUT2D eigenvalue weighted by molar-refractivity contribution is 5.46. The lowest BCUT2D eigenvalue weighted by Gasteiger charge is -2.15. The third kappa shape index (κ3) is 4.74. The van der Waals surface area contributed by atoms with Gasteiger partial charge in [-0.25, -0.2) is 4.39 Å². The van der Waals surface area contributed by atoms with Crippen molar-refractivity contribution in [2.24, 2.45) is 5.73 Å². The first-order chi connectivity index (χ1) is 8.67. The average molecular weight is 251 g/mol. The number of hydrogen-bond donors (Lipinski definition) is 1. The quantitative estimate of drug-likeness (QED) is 0.813. The number of hydrogen-bond acceptors (Lipinski definition) is 3. The van der Waals surface area contributed by atoms with Crippen molar-refractivity contribution in [2.75, 3.05) is 20.3 Å². The minimum Gasteiger partial charge on any atom is -0.489 e. The van der Waals surface area contributed by atoms with Crippen LogP contribution in [0.3, 0.4) is 0 Å². The monoisotopic (exact) mass is 251 g/mol. The molecule has 0 aliphatic rings. The van der Waals surface area contributed by atoms with Crippen LogP contribution in [0.2, 0.25) is 0 Å². The van der Waals surface area contributed by atoms with Crippen molar-refractivity contribution in [3.05, 3.63) is 29.6 Å². The summed E-state index contributed by atoms with van der Waals surface area (Å²) in [6.45, 7) is 2.78. The average Bonchev–Trinajstić information content (AvgIpc) is 2.36. The van der Waals surface area contributed by atoms with Gasteiger partial charge in [0.15, 0.2) is 0 Å². The van der Waals surface area contributed by atoms with Gasteiger partial charge in [0.25, 0.3) is 0 Å². The van der Waals surface area contributed by atoms with Gasteiger partial charge in [0.2, 0.25) is 0 Å². The predicted octanol–water partition coefficient (Wildman–Crippen LogP) is 1.94. The second kappa shape index (κ2) is 7.70. The molecule has 1 aromatic rings. The van der Waals surface area contributed by atoms with Crippen molar-refractivity contribution in [1.29, 1.82) is 0 Å². The van der Waals surface area contributed by atoms with E-state index in [9.17, 15) is 4.39 Å². The van der Waals surface area contributed by atoms with Crippen LogP contribution in [0.15, 0.2) is 18.2 Å². The molecule has 4 heteroatoms. The van der Waals surface area contributed by atoms with Gasteiger partial charge in [-0.2, -0.15) is 0 Å². The van der Waals surface area contributed by atoms with Crippen molar-refractivity contribution < 1.29 is 13.9 Å². The molecule has 0 saturated carbocycles. The van der Waals surface area contributed by atoms with E-state index >= 15 is 0 Å². The Balaban J connectivity index is 2.80. The van der Waals surface area contributed by atoms with Gasteiger partial charge in [-0.1, -0.05) is 11.8 Å². The summed E-state index contributed by atoms with van der Waals surface area (Å²) in [5, 5.41) is 0. The Morgan fingerprint density at radius 3 is 2.89 bits per heavy atom. The van der Waals surface area contributed by atoms with E-state index in [0.717, 1.165) is 6.42 Å². The molecule has 0 spiro atoms. The summed E-state index contributed by atoms with van der Waals surface area (Å²) in [4.78, 5) is 0. The van der Waals surface area contributed by atoms with E-state index < -0.39 is 0 Å². The van der Waals surface area contributed by atoms with Crippen LogP contribution in [-0.4, -0.2) is 26.4 Å². The van der Waals surface area contributed by atoms with E-state index in [2.05, 4.69) is 11.8 Å². The minimum absolute atomic E-state index is 0.0196. The Bertz CT molecular complexity index is 437. The SMILES string of the molecule is COCCC(C)Oc1ccc(F)cc1C#CCN. The standard InChI is InChI=1S/C14H18FNO2/c1-11(7-9-17-2)18-14-6-5-13(15)10-12(14)4-3-8-16/h5-6,10-11H,7-9,16H2,1-2H3. The Morgan fingerprint density at radius 2 is 2.22 bits per heavy atom. The molecule has 1 unspecified atom stereocenters. The molecule has 18 heavy (non-hydrogen) atoms. The van der Waals surface area contributed by atoms with E-state index in [1.54, 1.807) is 13.2 Å². The summed E-state index contributed by atoms with van der Waals surface area (Å²) in [5.74, 6) is 5.73. The molecule has 0 aliphatic heterocycles. The van der Waals surface area contributed by atoms with Crippen molar-refractivity contribution in [3.63, 3.8) is 0 Å². The van der Waals surface area contributed by atoms with E-state index in [0.29, 0.717) is 17.9 Å². The zero-order chi connectivity index (χ0) is 13.4. The molecule has 0 aliphatic carbocycles. The molecule has 0 heterocycles. The molecule has 3 nitrogen and oxygen atoms in total. The molecule has 98 valence electrons. The molecular formula is C14H18FNO2. The molecule has 0 bridgehead atoms. The lowest BCUT2D eigenvalue weighted by atomic mass is 10.2. The summed E-state index contributed by atoms with van der Waals surface area (Å²) in [6.07, 6.45) is 0.742. The maximum Gasteiger partial charge on any atom is 0.135 e. The Labute approximate surface area is 107 Å². The molecule has 1 aromatic carbocycles. The zero-order valence-corrected chi connectivity index (χ0v) is 10.7. The van der Waals surface area contributed by atoms with Crippen LogP contribution in [0, 0.1) is 17.7 Å². The smallest absolute Gasteiger partial charge is 0.135 e. The molecule has 0 fully saturated rings. The van der Waals surface area contributed by atoms with Crippen LogP contribution in [-0.2, 0) is 4.74 Å². The fourth-order valence-corrected chi connectivity index (χ4v) is 1.41. The summed E-state index contributed by atoms with van der Waals surface area (Å²) >= 11 is 0. The second-order valence-corrected chi connectivity index (χ2v) is 3.86. The number of benzene rings is 1. The molecule has 0 amide bonds. The normalized spacial score (nSPS) is 11.6. The van der Waals surface area contributed by atoms with Gasteiger partial charge >= 0.3 is 0 Å². The maximum atomic E-state index is 13.1. The topological polar surface area (TPSA) is 44.5 Å². The largest absolute Gasteiger partial charge is 0.489 e. The number of ether oxygens (including phenoxy) is 2. The third-order valence-electron chi connectivity index (χ3n) is 2.32. The Kier molecular flexibility index (Phi) is 6.20. The van der Waals surface area contributed by atoms with E-state index in [1.807, 2.05) is 6.92 Å². The van der Waals surface area contributed by atoms with Crippen molar-refractivity contribution in [1.82, 2.24) is 0 Å². The van der Waals surface area contributed by atoms with Gasteiger partial charge < -0.3 is 15.2 Å². The summed E-state index contributed by atoms with van der Waals surface area (Å²) in [6, 6.07) is 4.28. The van der Waals surface area contributed by atoms with Crippen LogP contribution in [0.5, 0.6) is 5.75 Å². The van der Waals surface area contributed by atoms with E-state index in [4.69, 9.17) is 15.2 Å². The van der Waals surface area contributed by atoms with Gasteiger partial charge in [-0.15, -0.1) is 0 Å². The van der Waals surface area contributed by atoms with Gasteiger partial charge in [0, 0.05) is 20.1 Å². The maximum absolute atomic E-state index is 13.1. The van der Waals surface area contributed by atoms with Crippen LogP contribution in [0.4, 0.5) is 4.39 Å². The first-order valence-electron chi connectivity index (χ1n) is 5.81. The third-order valence-corrected chi connectivity index (χ3v) is 2.32. The number of nitrogens with two attached hydrogens (primary N) is 1. The van der Waals surface area contributed by atoms with Gasteiger partial charge in [0.1, 0.15) is 11.6 Å². The van der Waals surface area contributed by atoms with Crippen LogP contribution in [0.25, 0.3) is 0 Å². The molecule has 0 saturated heterocycles. The Hall–Kier alpha value is -1.57. The second-order valence-electron chi connectivity index (χ2n) is 3.86. The number of methoxy groups -OCH3 is 1. The molecular weight excluding hydrogens is 233 g/mol. The zero-order valence-electron chi connectivity index (χ0n) is 10.7. The lowest BCUT2D eigenvalue weighted by molar-refractivity contribution is 0.135. The highest BCUT2D eigenvalue weighted by Gasteiger charge is 2.08. The molecule has 2 N–H and O–H groups in total. The Morgan fingerprint density at radius 1 is 1.44 bits per heavy atom. The number of halogens is 1. The van der Waals surface area contributed by atoms with Gasteiger partial charge in [-0.05, 0) is 25.1 Å². The highest BCUT2D eigenvalue weighted by atomic mass is 19.1. The first-order valence-corrected chi connectivity index (χ1v) is 5.81. The van der Waals surface area contributed by atoms with Crippen LogP contribution in [0.1, 0.15) is 18.9 Å². The van der Waals surface area contributed by atoms with Crippen molar-refractivity contribution >= 4 is 0 Å². The fraction of sp³-hybridized carbons (Fsp3) is 0.429. The molecule has 0 radical (unpaired) electrons. The van der Waals surface area contributed by atoms with Crippen LogP contribution >= 0.6 is 0 Å². The number of rotatable bonds is 5. The van der Waals surface area contributed by atoms with Gasteiger partial charge in [-0.3, -0.25) is 0 Å². The van der Waals surface area contributed by atoms with Crippen LogP contribution < -0.4 is 10.5 Å². The summed E-state index contributed by atoms with van der Waals surface area (Å²) < 4.78 is 23.8. The van der Waals surface area contributed by atoms with E-state index in [1.165, 1.54) is 12.1 Å². The summed E-state index contributed by atoms with van der Waals surface area (Å²) in [7, 11) is 1.64. The first kappa shape index (κ1) is 14.5. The van der Waals surface area contributed by atoms with Gasteiger partial charge in [0.05, 0.1) is 18.2 Å².